The van der Waals surface area contributed by atoms with E-state index in [0.29, 0.717) is 31.7 Å². The van der Waals surface area contributed by atoms with Crippen LogP contribution in [-0.2, 0) is 14.3 Å². The molecule has 2 N–H and O–H groups in total. The highest BCUT2D eigenvalue weighted by Gasteiger charge is 2.40. The number of aryl methyl sites for hydroxylation is 1. The number of nitrogens with one attached hydrogen (secondary N) is 1. The van der Waals surface area contributed by atoms with Gasteiger partial charge in [0.05, 0.1) is 7.11 Å². The van der Waals surface area contributed by atoms with Crippen LogP contribution in [0.3, 0.4) is 0 Å². The van der Waals surface area contributed by atoms with Crippen molar-refractivity contribution < 1.29 is 24.2 Å². The Balaban J connectivity index is 2.30. The van der Waals surface area contributed by atoms with Gasteiger partial charge in [0, 0.05) is 37.8 Å². The number of nitrogens with zero attached hydrogens (tertiary/aromatic N) is 2. The predicted molar refractivity (Wildman–Crippen MR) is 72.2 cm³/mol. The summed E-state index contributed by atoms with van der Waals surface area (Å²) in [7, 11) is 1.23. The van der Waals surface area contributed by atoms with Crippen molar-refractivity contribution in [1.29, 1.82) is 0 Å². The van der Waals surface area contributed by atoms with Gasteiger partial charge in [-0.05, 0) is 6.92 Å². The van der Waals surface area contributed by atoms with E-state index in [2.05, 4.69) is 20.0 Å². The fourth-order valence-corrected chi connectivity index (χ4v) is 2.17. The maximum Gasteiger partial charge on any atom is 0.376 e. The second kappa shape index (κ2) is 6.04. The van der Waals surface area contributed by atoms with Gasteiger partial charge in [-0.25, -0.2) is 19.6 Å². The minimum absolute atomic E-state index is 0.104. The molecule has 0 amide bonds. The lowest BCUT2D eigenvalue weighted by Gasteiger charge is -2.34. The first-order valence-corrected chi connectivity index (χ1v) is 6.50. The number of carbonyl (C=O) groups excluding carboxylic acids is 1. The molecule has 8 nitrogen and oxygen atoms in total. The summed E-state index contributed by atoms with van der Waals surface area (Å²) in [5, 5.41) is 12.4. The smallest absolute Gasteiger partial charge is 0.376 e. The van der Waals surface area contributed by atoms with E-state index < -0.39 is 17.5 Å². The molecule has 1 aromatic rings. The third kappa shape index (κ3) is 3.27. The van der Waals surface area contributed by atoms with E-state index in [4.69, 9.17) is 4.74 Å². The van der Waals surface area contributed by atoms with Crippen LogP contribution in [0.25, 0.3) is 0 Å². The van der Waals surface area contributed by atoms with Crippen molar-refractivity contribution in [2.45, 2.75) is 25.3 Å². The zero-order chi connectivity index (χ0) is 15.5. The molecule has 1 aliphatic rings. The largest absolute Gasteiger partial charge is 0.480 e. The van der Waals surface area contributed by atoms with Gasteiger partial charge in [-0.1, -0.05) is 0 Å². The Morgan fingerprint density at radius 2 is 2.05 bits per heavy atom. The first-order valence-electron chi connectivity index (χ1n) is 6.50. The predicted octanol–water partition coefficient (Wildman–Crippen LogP) is 0.617. The highest BCUT2D eigenvalue weighted by molar-refractivity contribution is 5.86. The molecule has 114 valence electrons. The molecule has 0 bridgehead atoms. The lowest BCUT2D eigenvalue weighted by atomic mass is 9.90. The number of carboxylic acids is 1. The summed E-state index contributed by atoms with van der Waals surface area (Å²) >= 11 is 0. The fraction of sp³-hybridized carbons (Fsp3) is 0.538. The quantitative estimate of drug-likeness (QED) is 0.778. The molecule has 0 aliphatic carbocycles. The summed E-state index contributed by atoms with van der Waals surface area (Å²) in [6, 6.07) is 1.59. The molecule has 0 radical (unpaired) electrons. The summed E-state index contributed by atoms with van der Waals surface area (Å²) in [6.45, 7) is 2.40. The highest BCUT2D eigenvalue weighted by Crippen LogP contribution is 2.26. The molecule has 2 heterocycles. The Labute approximate surface area is 121 Å². The van der Waals surface area contributed by atoms with Crippen molar-refractivity contribution in [2.24, 2.45) is 0 Å². The summed E-state index contributed by atoms with van der Waals surface area (Å²) in [6.07, 6.45) is 0.637. The molecule has 21 heavy (non-hydrogen) atoms. The first-order chi connectivity index (χ1) is 9.97. The summed E-state index contributed by atoms with van der Waals surface area (Å²) < 4.78 is 9.79. The van der Waals surface area contributed by atoms with E-state index in [1.807, 2.05) is 0 Å². The Morgan fingerprint density at radius 3 is 2.62 bits per heavy atom. The maximum absolute atomic E-state index is 11.6. The minimum Gasteiger partial charge on any atom is -0.480 e. The third-order valence-corrected chi connectivity index (χ3v) is 3.35. The molecular weight excluding hydrogens is 278 g/mol. The van der Waals surface area contributed by atoms with E-state index in [0.717, 1.165) is 0 Å². The zero-order valence-corrected chi connectivity index (χ0v) is 11.9. The number of ether oxygens (including phenoxy) is 2. The number of carbonyl (C=O) groups is 2. The standard InChI is InChI=1S/C13H17N3O5/c1-8-7-9(15-10(14-8)11(17)20-2)16-13(12(18)19)3-5-21-6-4-13/h7H,3-6H2,1-2H3,(H,18,19)(H,14,15,16). The third-order valence-electron chi connectivity index (χ3n) is 3.35. The van der Waals surface area contributed by atoms with Gasteiger partial charge in [0.2, 0.25) is 5.82 Å². The summed E-state index contributed by atoms with van der Waals surface area (Å²) in [5.74, 6) is -1.46. The number of aromatic nitrogens is 2. The average Bonchev–Trinajstić information content (AvgIpc) is 2.46. The normalized spacial score (nSPS) is 17.0. The van der Waals surface area contributed by atoms with Crippen molar-refractivity contribution in [3.63, 3.8) is 0 Å². The van der Waals surface area contributed by atoms with Gasteiger partial charge in [-0.15, -0.1) is 0 Å². The van der Waals surface area contributed by atoms with Crippen molar-refractivity contribution in [2.75, 3.05) is 25.6 Å². The van der Waals surface area contributed by atoms with Gasteiger partial charge in [-0.3, -0.25) is 0 Å². The van der Waals surface area contributed by atoms with Gasteiger partial charge >= 0.3 is 11.9 Å². The van der Waals surface area contributed by atoms with Crippen molar-refractivity contribution in [1.82, 2.24) is 9.97 Å². The molecule has 8 heteroatoms. The Morgan fingerprint density at radius 1 is 1.38 bits per heavy atom. The van der Waals surface area contributed by atoms with E-state index in [9.17, 15) is 14.7 Å². The zero-order valence-electron chi connectivity index (χ0n) is 11.9. The molecule has 0 spiro atoms. The SMILES string of the molecule is COC(=O)c1nc(C)cc(NC2(C(=O)O)CCOCC2)n1. The second-order valence-electron chi connectivity index (χ2n) is 4.83. The molecular formula is C13H17N3O5. The van der Waals surface area contributed by atoms with Crippen LogP contribution in [-0.4, -0.2) is 52.9 Å². The average molecular weight is 295 g/mol. The van der Waals surface area contributed by atoms with Crippen LogP contribution < -0.4 is 5.32 Å². The van der Waals surface area contributed by atoms with Gasteiger partial charge < -0.3 is 19.9 Å². The van der Waals surface area contributed by atoms with Gasteiger partial charge in [0.1, 0.15) is 11.4 Å². The second-order valence-corrected chi connectivity index (χ2v) is 4.83. The number of anilines is 1. The molecule has 0 saturated carbocycles. The van der Waals surface area contributed by atoms with Crippen molar-refractivity contribution in [3.05, 3.63) is 17.6 Å². The van der Waals surface area contributed by atoms with E-state index in [-0.39, 0.29) is 11.6 Å². The molecule has 1 fully saturated rings. The van der Waals surface area contributed by atoms with Gasteiger partial charge in [0.15, 0.2) is 0 Å². The Kier molecular flexibility index (Phi) is 4.37. The van der Waals surface area contributed by atoms with Crippen LogP contribution in [0.1, 0.15) is 29.2 Å². The highest BCUT2D eigenvalue weighted by atomic mass is 16.5. The van der Waals surface area contributed by atoms with Crippen LogP contribution in [0, 0.1) is 6.92 Å². The topological polar surface area (TPSA) is 111 Å². The molecule has 2 rings (SSSR count). The number of hydrogen-bond acceptors (Lipinski definition) is 7. The van der Waals surface area contributed by atoms with Crippen LogP contribution in [0.5, 0.6) is 0 Å². The number of hydrogen-bond donors (Lipinski definition) is 2. The minimum atomic E-state index is -1.15. The lowest BCUT2D eigenvalue weighted by Crippen LogP contribution is -2.50. The lowest BCUT2D eigenvalue weighted by molar-refractivity contribution is -0.145. The van der Waals surface area contributed by atoms with Gasteiger partial charge in [0.25, 0.3) is 0 Å². The number of esters is 1. The Hall–Kier alpha value is -2.22. The van der Waals surface area contributed by atoms with Crippen LogP contribution >= 0.6 is 0 Å². The van der Waals surface area contributed by atoms with E-state index in [1.165, 1.54) is 7.11 Å². The molecule has 0 aromatic carbocycles. The van der Waals surface area contributed by atoms with E-state index >= 15 is 0 Å². The monoisotopic (exact) mass is 295 g/mol. The molecule has 1 aliphatic heterocycles. The number of carboxylic acid groups (broad SMARTS) is 1. The van der Waals surface area contributed by atoms with Crippen LogP contribution in [0.4, 0.5) is 5.82 Å². The number of methoxy groups -OCH3 is 1. The molecule has 1 saturated heterocycles. The van der Waals surface area contributed by atoms with Gasteiger partial charge in [-0.2, -0.15) is 0 Å². The van der Waals surface area contributed by atoms with Crippen molar-refractivity contribution in [3.8, 4) is 0 Å². The maximum atomic E-state index is 11.6. The fourth-order valence-electron chi connectivity index (χ4n) is 2.17. The van der Waals surface area contributed by atoms with Crippen LogP contribution in [0.2, 0.25) is 0 Å². The van der Waals surface area contributed by atoms with E-state index in [1.54, 1.807) is 13.0 Å². The molecule has 0 atom stereocenters. The molecule has 1 aromatic heterocycles. The Bertz CT molecular complexity index is 555. The first kappa shape index (κ1) is 15.2. The van der Waals surface area contributed by atoms with Crippen LogP contribution in [0.15, 0.2) is 6.07 Å². The molecule has 0 unspecified atom stereocenters. The number of aliphatic carboxylic acids is 1. The number of rotatable bonds is 4. The summed E-state index contributed by atoms with van der Waals surface area (Å²) in [5.41, 5.74) is -0.604. The van der Waals surface area contributed by atoms with Crippen molar-refractivity contribution >= 4 is 17.8 Å². The summed E-state index contributed by atoms with van der Waals surface area (Å²) in [4.78, 5) is 31.1.